The number of hydrogen-bond donors (Lipinski definition) is 0. The van der Waals surface area contributed by atoms with Gasteiger partial charge in [0.15, 0.2) is 6.29 Å². The molecule has 0 atom stereocenters. The van der Waals surface area contributed by atoms with Crippen LogP contribution in [-0.2, 0) is 9.47 Å². The Morgan fingerprint density at radius 3 is 2.87 bits per heavy atom. The van der Waals surface area contributed by atoms with Crippen LogP contribution in [0.4, 0.5) is 4.39 Å². The Labute approximate surface area is 91.7 Å². The maximum absolute atomic E-state index is 12.8. The zero-order chi connectivity index (χ0) is 10.7. The van der Waals surface area contributed by atoms with Gasteiger partial charge in [0, 0.05) is 6.07 Å². The molecule has 1 aromatic carbocycles. The van der Waals surface area contributed by atoms with Gasteiger partial charge >= 0.3 is 0 Å². The predicted molar refractivity (Wildman–Crippen MR) is 52.6 cm³/mol. The van der Waals surface area contributed by atoms with Gasteiger partial charge in [0.2, 0.25) is 0 Å². The van der Waals surface area contributed by atoms with E-state index in [1.54, 1.807) is 0 Å². The summed E-state index contributed by atoms with van der Waals surface area (Å²) in [5.41, 5.74) is 0. The number of hydrogen-bond acceptors (Lipinski definition) is 3. The van der Waals surface area contributed by atoms with Crippen LogP contribution < -0.4 is 4.74 Å². The Bertz CT molecular complexity index is 339. The summed E-state index contributed by atoms with van der Waals surface area (Å²) in [6.45, 7) is 1.33. The highest BCUT2D eigenvalue weighted by atomic mass is 35.5. The molecule has 15 heavy (non-hydrogen) atoms. The fourth-order valence-corrected chi connectivity index (χ4v) is 1.42. The Hall–Kier alpha value is -0.840. The minimum atomic E-state index is -0.386. The van der Waals surface area contributed by atoms with Crippen LogP contribution in [0, 0.1) is 5.82 Å². The molecule has 1 fully saturated rings. The van der Waals surface area contributed by atoms with Gasteiger partial charge in [0.05, 0.1) is 18.2 Å². The molecular weight excluding hydrogens is 223 g/mol. The molecule has 0 aromatic heterocycles. The first-order valence-electron chi connectivity index (χ1n) is 4.57. The fourth-order valence-electron chi connectivity index (χ4n) is 1.25. The molecule has 1 aliphatic heterocycles. The van der Waals surface area contributed by atoms with E-state index in [1.807, 2.05) is 0 Å². The molecule has 3 nitrogen and oxygen atoms in total. The van der Waals surface area contributed by atoms with Crippen LogP contribution in [0.25, 0.3) is 0 Å². The lowest BCUT2D eigenvalue weighted by molar-refractivity contribution is -0.0684. The largest absolute Gasteiger partial charge is 0.487 e. The van der Waals surface area contributed by atoms with Gasteiger partial charge in [-0.15, -0.1) is 0 Å². The summed E-state index contributed by atoms with van der Waals surface area (Å²) in [5, 5.41) is 0.370. The third-order valence-corrected chi connectivity index (χ3v) is 2.27. The normalized spacial score (nSPS) is 16.9. The van der Waals surface area contributed by atoms with Gasteiger partial charge in [0.1, 0.15) is 18.2 Å². The van der Waals surface area contributed by atoms with Crippen molar-refractivity contribution in [1.82, 2.24) is 0 Å². The topological polar surface area (TPSA) is 27.7 Å². The van der Waals surface area contributed by atoms with Gasteiger partial charge in [-0.1, -0.05) is 11.6 Å². The average Bonchev–Trinajstić information content (AvgIpc) is 2.72. The van der Waals surface area contributed by atoms with Crippen molar-refractivity contribution in [3.8, 4) is 5.75 Å². The van der Waals surface area contributed by atoms with E-state index >= 15 is 0 Å². The predicted octanol–water partition coefficient (Wildman–Crippen LogP) is 2.23. The number of halogens is 2. The molecule has 5 heteroatoms. The molecule has 1 heterocycles. The second kappa shape index (κ2) is 4.79. The van der Waals surface area contributed by atoms with Gasteiger partial charge in [-0.05, 0) is 12.1 Å². The lowest BCUT2D eigenvalue weighted by Gasteiger charge is -2.11. The summed E-state index contributed by atoms with van der Waals surface area (Å²) in [6.07, 6.45) is -0.385. The Kier molecular flexibility index (Phi) is 3.41. The SMILES string of the molecule is Fc1ccc(Cl)c(OCC2OCCO2)c1. The minimum absolute atomic E-state index is 0.211. The lowest BCUT2D eigenvalue weighted by atomic mass is 10.3. The summed E-state index contributed by atoms with van der Waals surface area (Å²) in [7, 11) is 0. The van der Waals surface area contributed by atoms with Crippen molar-refractivity contribution in [3.05, 3.63) is 29.0 Å². The third-order valence-electron chi connectivity index (χ3n) is 1.96. The summed E-state index contributed by atoms with van der Waals surface area (Å²) in [4.78, 5) is 0. The molecule has 2 rings (SSSR count). The second-order valence-electron chi connectivity index (χ2n) is 3.06. The quantitative estimate of drug-likeness (QED) is 0.800. The Morgan fingerprint density at radius 2 is 2.13 bits per heavy atom. The van der Waals surface area contributed by atoms with Crippen molar-refractivity contribution in [2.24, 2.45) is 0 Å². The van der Waals surface area contributed by atoms with Crippen LogP contribution in [-0.4, -0.2) is 26.1 Å². The number of benzene rings is 1. The first kappa shape index (κ1) is 10.7. The van der Waals surface area contributed by atoms with E-state index in [4.69, 9.17) is 25.8 Å². The van der Waals surface area contributed by atoms with E-state index in [1.165, 1.54) is 18.2 Å². The molecule has 1 aliphatic rings. The second-order valence-corrected chi connectivity index (χ2v) is 3.46. The zero-order valence-electron chi connectivity index (χ0n) is 7.91. The average molecular weight is 233 g/mol. The monoisotopic (exact) mass is 232 g/mol. The van der Waals surface area contributed by atoms with E-state index in [-0.39, 0.29) is 18.7 Å². The molecule has 0 N–H and O–H groups in total. The smallest absolute Gasteiger partial charge is 0.191 e. The summed E-state index contributed by atoms with van der Waals surface area (Å²) in [5.74, 6) is -0.0848. The molecular formula is C10H10ClFO3. The third kappa shape index (κ3) is 2.81. The van der Waals surface area contributed by atoms with Crippen LogP contribution in [0.2, 0.25) is 5.02 Å². The van der Waals surface area contributed by atoms with E-state index in [2.05, 4.69) is 0 Å². The van der Waals surface area contributed by atoms with Crippen molar-refractivity contribution in [2.75, 3.05) is 19.8 Å². The summed E-state index contributed by atoms with van der Waals surface area (Å²) < 4.78 is 28.4. The van der Waals surface area contributed by atoms with Crippen molar-refractivity contribution < 1.29 is 18.6 Å². The van der Waals surface area contributed by atoms with Crippen molar-refractivity contribution in [1.29, 1.82) is 0 Å². The maximum atomic E-state index is 12.8. The van der Waals surface area contributed by atoms with Gasteiger partial charge in [-0.2, -0.15) is 0 Å². The standard InChI is InChI=1S/C10H10ClFO3/c11-8-2-1-7(12)5-9(8)15-6-10-13-3-4-14-10/h1-2,5,10H,3-4,6H2. The maximum Gasteiger partial charge on any atom is 0.191 e. The molecule has 1 saturated heterocycles. The minimum Gasteiger partial charge on any atom is -0.487 e. The highest BCUT2D eigenvalue weighted by molar-refractivity contribution is 6.32. The zero-order valence-corrected chi connectivity index (χ0v) is 8.67. The first-order valence-corrected chi connectivity index (χ1v) is 4.94. The Balaban J connectivity index is 1.94. The highest BCUT2D eigenvalue weighted by Gasteiger charge is 2.17. The first-order chi connectivity index (χ1) is 7.25. The summed E-state index contributed by atoms with van der Waals surface area (Å²) >= 11 is 5.81. The van der Waals surface area contributed by atoms with Gasteiger partial charge < -0.3 is 14.2 Å². The molecule has 0 unspecified atom stereocenters. The summed E-state index contributed by atoms with van der Waals surface area (Å²) in [6, 6.07) is 3.96. The molecule has 1 aromatic rings. The molecule has 0 aliphatic carbocycles. The molecule has 0 radical (unpaired) electrons. The van der Waals surface area contributed by atoms with Crippen molar-refractivity contribution in [3.63, 3.8) is 0 Å². The number of rotatable bonds is 3. The van der Waals surface area contributed by atoms with E-state index in [0.717, 1.165) is 0 Å². The molecule has 0 amide bonds. The van der Waals surface area contributed by atoms with Gasteiger partial charge in [0.25, 0.3) is 0 Å². The molecule has 0 spiro atoms. The molecule has 0 bridgehead atoms. The van der Waals surface area contributed by atoms with Crippen LogP contribution in [0.15, 0.2) is 18.2 Å². The van der Waals surface area contributed by atoms with Crippen LogP contribution in [0.1, 0.15) is 0 Å². The van der Waals surface area contributed by atoms with E-state index in [9.17, 15) is 4.39 Å². The van der Waals surface area contributed by atoms with Crippen molar-refractivity contribution >= 4 is 11.6 Å². The van der Waals surface area contributed by atoms with E-state index in [0.29, 0.717) is 24.0 Å². The molecule has 82 valence electrons. The Morgan fingerprint density at radius 1 is 1.40 bits per heavy atom. The highest BCUT2D eigenvalue weighted by Crippen LogP contribution is 2.25. The van der Waals surface area contributed by atoms with Crippen LogP contribution >= 0.6 is 11.6 Å². The van der Waals surface area contributed by atoms with Crippen molar-refractivity contribution in [2.45, 2.75) is 6.29 Å². The van der Waals surface area contributed by atoms with E-state index < -0.39 is 0 Å². The number of ether oxygens (including phenoxy) is 3. The lowest BCUT2D eigenvalue weighted by Crippen LogP contribution is -2.18. The van der Waals surface area contributed by atoms with Gasteiger partial charge in [-0.25, -0.2) is 4.39 Å². The fraction of sp³-hybridized carbons (Fsp3) is 0.400. The van der Waals surface area contributed by atoms with Crippen LogP contribution in [0.3, 0.4) is 0 Å². The van der Waals surface area contributed by atoms with Crippen LogP contribution in [0.5, 0.6) is 5.75 Å². The molecule has 0 saturated carbocycles. The van der Waals surface area contributed by atoms with Gasteiger partial charge in [-0.3, -0.25) is 0 Å².